The van der Waals surface area contributed by atoms with Gasteiger partial charge < -0.3 is 10.6 Å². The summed E-state index contributed by atoms with van der Waals surface area (Å²) in [4.78, 5) is 8.62. The summed E-state index contributed by atoms with van der Waals surface area (Å²) in [6, 6.07) is 12.1. The van der Waals surface area contributed by atoms with Gasteiger partial charge in [-0.05, 0) is 31.0 Å². The minimum atomic E-state index is 0. The third-order valence-electron chi connectivity index (χ3n) is 3.10. The van der Waals surface area contributed by atoms with E-state index in [1.54, 1.807) is 12.3 Å². The molecule has 6 heteroatoms. The molecule has 0 amide bonds. The van der Waals surface area contributed by atoms with Gasteiger partial charge in [0.25, 0.3) is 0 Å². The number of aliphatic imine (C=N–C) groups is 1. The monoisotopic (exact) mass is 444 g/mol. The number of halogens is 2. The van der Waals surface area contributed by atoms with Crippen LogP contribution in [0.1, 0.15) is 23.6 Å². The van der Waals surface area contributed by atoms with Crippen molar-refractivity contribution in [3.05, 3.63) is 64.4 Å². The van der Waals surface area contributed by atoms with E-state index in [2.05, 4.69) is 51.8 Å². The Morgan fingerprint density at radius 3 is 2.65 bits per heavy atom. The third kappa shape index (κ3) is 7.18. The van der Waals surface area contributed by atoms with E-state index in [1.807, 2.05) is 13.0 Å². The Morgan fingerprint density at radius 2 is 2.00 bits per heavy atom. The molecule has 0 aliphatic rings. The first-order valence-corrected chi connectivity index (χ1v) is 7.73. The van der Waals surface area contributed by atoms with E-state index in [-0.39, 0.29) is 24.0 Å². The van der Waals surface area contributed by atoms with Crippen molar-refractivity contribution in [2.45, 2.75) is 26.9 Å². The third-order valence-corrected chi connectivity index (χ3v) is 3.32. The maximum atomic E-state index is 5.78. The van der Waals surface area contributed by atoms with Gasteiger partial charge in [-0.3, -0.25) is 0 Å². The van der Waals surface area contributed by atoms with E-state index in [0.717, 1.165) is 24.6 Å². The molecule has 1 aromatic carbocycles. The van der Waals surface area contributed by atoms with Gasteiger partial charge >= 0.3 is 0 Å². The first kappa shape index (κ1) is 19.7. The Balaban J connectivity index is 0.00000264. The molecule has 0 saturated carbocycles. The fourth-order valence-electron chi connectivity index (χ4n) is 2.02. The number of pyridine rings is 1. The first-order chi connectivity index (χ1) is 10.7. The molecule has 0 aliphatic heterocycles. The molecule has 0 unspecified atom stereocenters. The van der Waals surface area contributed by atoms with Crippen LogP contribution in [0, 0.1) is 6.92 Å². The maximum Gasteiger partial charge on any atom is 0.191 e. The summed E-state index contributed by atoms with van der Waals surface area (Å²) < 4.78 is 0. The normalized spacial score (nSPS) is 10.8. The van der Waals surface area contributed by atoms with Gasteiger partial charge in [0.15, 0.2) is 5.96 Å². The molecule has 0 aliphatic carbocycles. The number of rotatable bonds is 5. The van der Waals surface area contributed by atoms with E-state index in [9.17, 15) is 0 Å². The molecule has 2 N–H and O–H groups in total. The average Bonchev–Trinajstić information content (AvgIpc) is 2.52. The van der Waals surface area contributed by atoms with E-state index in [0.29, 0.717) is 11.7 Å². The number of hydrogen-bond donors (Lipinski definition) is 2. The van der Waals surface area contributed by atoms with E-state index in [1.165, 1.54) is 11.1 Å². The van der Waals surface area contributed by atoms with Crippen LogP contribution in [0.2, 0.25) is 5.15 Å². The fourth-order valence-corrected chi connectivity index (χ4v) is 2.13. The van der Waals surface area contributed by atoms with Crippen molar-refractivity contribution in [2.24, 2.45) is 4.99 Å². The number of guanidine groups is 1. The predicted molar refractivity (Wildman–Crippen MR) is 107 cm³/mol. The second-order valence-corrected chi connectivity index (χ2v) is 5.41. The molecule has 1 heterocycles. The van der Waals surface area contributed by atoms with Crippen LogP contribution in [0.15, 0.2) is 47.6 Å². The van der Waals surface area contributed by atoms with Gasteiger partial charge in [0, 0.05) is 19.3 Å². The lowest BCUT2D eigenvalue weighted by Gasteiger charge is -2.11. The first-order valence-electron chi connectivity index (χ1n) is 7.35. The van der Waals surface area contributed by atoms with Crippen LogP contribution in [0.3, 0.4) is 0 Å². The zero-order chi connectivity index (χ0) is 15.8. The lowest BCUT2D eigenvalue weighted by molar-refractivity contribution is 0.815. The SMILES string of the molecule is CCNC(=NCc1ccc(Cl)nc1)NCc1cccc(C)c1.I. The van der Waals surface area contributed by atoms with Gasteiger partial charge in [0.1, 0.15) is 5.15 Å². The summed E-state index contributed by atoms with van der Waals surface area (Å²) in [6.45, 7) is 6.27. The van der Waals surface area contributed by atoms with E-state index >= 15 is 0 Å². The summed E-state index contributed by atoms with van der Waals surface area (Å²) in [5.41, 5.74) is 3.52. The second-order valence-electron chi connectivity index (χ2n) is 5.03. The summed E-state index contributed by atoms with van der Waals surface area (Å²) in [7, 11) is 0. The highest BCUT2D eigenvalue weighted by Gasteiger charge is 1.99. The van der Waals surface area contributed by atoms with Crippen molar-refractivity contribution in [3.63, 3.8) is 0 Å². The number of benzene rings is 1. The van der Waals surface area contributed by atoms with Gasteiger partial charge in [0.2, 0.25) is 0 Å². The van der Waals surface area contributed by atoms with Crippen molar-refractivity contribution in [1.29, 1.82) is 0 Å². The lowest BCUT2D eigenvalue weighted by Crippen LogP contribution is -2.36. The minimum absolute atomic E-state index is 0. The molecule has 0 radical (unpaired) electrons. The van der Waals surface area contributed by atoms with Crippen molar-refractivity contribution in [2.75, 3.05) is 6.54 Å². The Bertz CT molecular complexity index is 629. The Morgan fingerprint density at radius 1 is 1.17 bits per heavy atom. The smallest absolute Gasteiger partial charge is 0.191 e. The topological polar surface area (TPSA) is 49.3 Å². The molecule has 4 nitrogen and oxygen atoms in total. The van der Waals surface area contributed by atoms with Crippen LogP contribution in [0.5, 0.6) is 0 Å². The van der Waals surface area contributed by atoms with Crippen molar-refractivity contribution < 1.29 is 0 Å². The van der Waals surface area contributed by atoms with Crippen LogP contribution in [0.4, 0.5) is 0 Å². The van der Waals surface area contributed by atoms with Crippen LogP contribution >= 0.6 is 35.6 Å². The van der Waals surface area contributed by atoms with Gasteiger partial charge in [-0.15, -0.1) is 24.0 Å². The summed E-state index contributed by atoms with van der Waals surface area (Å²) in [6.07, 6.45) is 1.75. The fraction of sp³-hybridized carbons (Fsp3) is 0.294. The van der Waals surface area contributed by atoms with Gasteiger partial charge in [-0.25, -0.2) is 9.98 Å². The van der Waals surface area contributed by atoms with Gasteiger partial charge in [0.05, 0.1) is 6.54 Å². The molecule has 0 atom stereocenters. The molecule has 0 spiro atoms. The lowest BCUT2D eigenvalue weighted by atomic mass is 10.1. The van der Waals surface area contributed by atoms with Crippen LogP contribution < -0.4 is 10.6 Å². The molecule has 2 aromatic rings. The maximum absolute atomic E-state index is 5.78. The van der Waals surface area contributed by atoms with Gasteiger partial charge in [-0.2, -0.15) is 0 Å². The van der Waals surface area contributed by atoms with Crippen LogP contribution in [0.25, 0.3) is 0 Å². The highest BCUT2D eigenvalue weighted by atomic mass is 127. The second kappa shape index (κ2) is 10.4. The van der Waals surface area contributed by atoms with E-state index < -0.39 is 0 Å². The molecule has 23 heavy (non-hydrogen) atoms. The van der Waals surface area contributed by atoms with Crippen molar-refractivity contribution in [3.8, 4) is 0 Å². The highest BCUT2D eigenvalue weighted by Crippen LogP contribution is 2.06. The summed E-state index contributed by atoms with van der Waals surface area (Å²) in [5.74, 6) is 0.791. The standard InChI is InChI=1S/C17H21ClN4.HI/c1-3-19-17(21-10-14-6-4-5-13(2)9-14)22-12-15-7-8-16(18)20-11-15;/h4-9,11H,3,10,12H2,1-2H3,(H2,19,21,22);1H. The quantitative estimate of drug-likeness (QED) is 0.318. The molecule has 0 fully saturated rings. The number of aromatic nitrogens is 1. The number of hydrogen-bond acceptors (Lipinski definition) is 2. The number of aryl methyl sites for hydroxylation is 1. The van der Waals surface area contributed by atoms with Crippen molar-refractivity contribution in [1.82, 2.24) is 15.6 Å². The predicted octanol–water partition coefficient (Wildman–Crippen LogP) is 3.92. The van der Waals surface area contributed by atoms with E-state index in [4.69, 9.17) is 11.6 Å². The zero-order valence-corrected chi connectivity index (χ0v) is 16.4. The molecular formula is C17H22ClIN4. The van der Waals surface area contributed by atoms with Crippen LogP contribution in [-0.4, -0.2) is 17.5 Å². The summed E-state index contributed by atoms with van der Waals surface area (Å²) >= 11 is 5.78. The molecule has 0 saturated heterocycles. The molecule has 0 bridgehead atoms. The van der Waals surface area contributed by atoms with Crippen LogP contribution in [-0.2, 0) is 13.1 Å². The largest absolute Gasteiger partial charge is 0.357 e. The summed E-state index contributed by atoms with van der Waals surface area (Å²) in [5, 5.41) is 7.08. The zero-order valence-electron chi connectivity index (χ0n) is 13.3. The molecular weight excluding hydrogens is 423 g/mol. The molecule has 1 aromatic heterocycles. The van der Waals surface area contributed by atoms with Crippen molar-refractivity contribution >= 4 is 41.5 Å². The number of nitrogens with zero attached hydrogens (tertiary/aromatic N) is 2. The minimum Gasteiger partial charge on any atom is -0.357 e. The van der Waals surface area contributed by atoms with Gasteiger partial charge in [-0.1, -0.05) is 47.5 Å². The molecule has 2 rings (SSSR count). The average molecular weight is 445 g/mol. The molecule has 124 valence electrons. The number of nitrogens with one attached hydrogen (secondary N) is 2. The highest BCUT2D eigenvalue weighted by molar-refractivity contribution is 14.0. The Hall–Kier alpha value is -1.34. The Kier molecular flexibility index (Phi) is 8.94. The Labute approximate surface area is 159 Å².